The molecule has 19 heavy (non-hydrogen) atoms. The van der Waals surface area contributed by atoms with E-state index in [1.807, 2.05) is 12.1 Å². The number of ether oxygens (including phenoxy) is 2. The second kappa shape index (κ2) is 6.23. The largest absolute Gasteiger partial charge is 0.504 e. The van der Waals surface area contributed by atoms with E-state index in [0.29, 0.717) is 44.9 Å². The van der Waals surface area contributed by atoms with Crippen molar-refractivity contribution in [2.24, 2.45) is 0 Å². The highest BCUT2D eigenvalue weighted by Crippen LogP contribution is 2.29. The summed E-state index contributed by atoms with van der Waals surface area (Å²) in [6, 6.07) is 5.38. The Balaban J connectivity index is 1.88. The Bertz CT molecular complexity index is 416. The SMILES string of the molecule is COc1cccc(CNCC2(O)CCOCC2)c1O. The molecule has 2 rings (SSSR count). The Morgan fingerprint density at radius 1 is 1.37 bits per heavy atom. The van der Waals surface area contributed by atoms with Gasteiger partial charge in [0.1, 0.15) is 0 Å². The van der Waals surface area contributed by atoms with Gasteiger partial charge >= 0.3 is 0 Å². The van der Waals surface area contributed by atoms with Crippen LogP contribution in [0.2, 0.25) is 0 Å². The average Bonchev–Trinajstić information content (AvgIpc) is 2.41. The van der Waals surface area contributed by atoms with Crippen molar-refractivity contribution in [2.45, 2.75) is 25.0 Å². The summed E-state index contributed by atoms with van der Waals surface area (Å²) in [6.45, 7) is 2.18. The molecular weight excluding hydrogens is 246 g/mol. The normalized spacial score (nSPS) is 18.2. The van der Waals surface area contributed by atoms with E-state index in [1.165, 1.54) is 7.11 Å². The Morgan fingerprint density at radius 2 is 2.11 bits per heavy atom. The van der Waals surface area contributed by atoms with Crippen LogP contribution in [0, 0.1) is 0 Å². The summed E-state index contributed by atoms with van der Waals surface area (Å²) >= 11 is 0. The van der Waals surface area contributed by atoms with Crippen molar-refractivity contribution >= 4 is 0 Å². The van der Waals surface area contributed by atoms with Crippen molar-refractivity contribution in [3.63, 3.8) is 0 Å². The first-order chi connectivity index (χ1) is 9.14. The number of para-hydroxylation sites is 1. The van der Waals surface area contributed by atoms with Crippen LogP contribution in [0.15, 0.2) is 18.2 Å². The molecule has 106 valence electrons. The van der Waals surface area contributed by atoms with Gasteiger partial charge in [-0.05, 0) is 6.07 Å². The number of hydrogen-bond acceptors (Lipinski definition) is 5. The van der Waals surface area contributed by atoms with Gasteiger partial charge < -0.3 is 25.0 Å². The van der Waals surface area contributed by atoms with Crippen molar-refractivity contribution < 1.29 is 19.7 Å². The number of nitrogens with one attached hydrogen (secondary N) is 1. The zero-order chi connectivity index (χ0) is 13.7. The Morgan fingerprint density at radius 3 is 2.79 bits per heavy atom. The number of methoxy groups -OCH3 is 1. The van der Waals surface area contributed by atoms with E-state index in [2.05, 4.69) is 5.32 Å². The molecular formula is C14H21NO4. The molecule has 1 saturated heterocycles. The Kier molecular flexibility index (Phi) is 4.63. The molecule has 0 atom stereocenters. The van der Waals surface area contributed by atoms with Crippen molar-refractivity contribution in [1.29, 1.82) is 0 Å². The lowest BCUT2D eigenvalue weighted by molar-refractivity contribution is -0.0617. The summed E-state index contributed by atoms with van der Waals surface area (Å²) < 4.78 is 10.3. The molecule has 1 aliphatic rings. The fourth-order valence-electron chi connectivity index (χ4n) is 2.23. The fraction of sp³-hybridized carbons (Fsp3) is 0.571. The zero-order valence-electron chi connectivity index (χ0n) is 11.2. The standard InChI is InChI=1S/C14H21NO4/c1-18-12-4-2-3-11(13(12)16)9-15-10-14(17)5-7-19-8-6-14/h2-4,15-17H,5-10H2,1H3. The van der Waals surface area contributed by atoms with E-state index < -0.39 is 5.60 Å². The van der Waals surface area contributed by atoms with Gasteiger partial charge in [-0.1, -0.05) is 12.1 Å². The summed E-state index contributed by atoms with van der Waals surface area (Å²) in [6.07, 6.45) is 1.29. The van der Waals surface area contributed by atoms with Crippen molar-refractivity contribution in [3.05, 3.63) is 23.8 Å². The van der Waals surface area contributed by atoms with Crippen LogP contribution in [0.25, 0.3) is 0 Å². The van der Waals surface area contributed by atoms with Crippen LogP contribution >= 0.6 is 0 Å². The molecule has 1 aromatic rings. The minimum atomic E-state index is -0.702. The van der Waals surface area contributed by atoms with Gasteiger partial charge in [0, 0.05) is 44.7 Å². The molecule has 0 amide bonds. The highest BCUT2D eigenvalue weighted by Gasteiger charge is 2.29. The molecule has 3 N–H and O–H groups in total. The predicted octanol–water partition coefficient (Wildman–Crippen LogP) is 1.03. The summed E-state index contributed by atoms with van der Waals surface area (Å²) in [4.78, 5) is 0. The van der Waals surface area contributed by atoms with E-state index in [0.717, 1.165) is 5.56 Å². The smallest absolute Gasteiger partial charge is 0.162 e. The lowest BCUT2D eigenvalue weighted by Crippen LogP contribution is -2.44. The minimum Gasteiger partial charge on any atom is -0.504 e. The molecule has 0 aromatic heterocycles. The van der Waals surface area contributed by atoms with Crippen LogP contribution in [0.1, 0.15) is 18.4 Å². The van der Waals surface area contributed by atoms with Gasteiger partial charge in [0.05, 0.1) is 12.7 Å². The number of hydrogen-bond donors (Lipinski definition) is 3. The first-order valence-electron chi connectivity index (χ1n) is 6.50. The molecule has 0 aliphatic carbocycles. The summed E-state index contributed by atoms with van der Waals surface area (Å²) in [5.74, 6) is 0.612. The monoisotopic (exact) mass is 267 g/mol. The minimum absolute atomic E-state index is 0.150. The number of phenols is 1. The molecule has 1 aliphatic heterocycles. The molecule has 0 unspecified atom stereocenters. The lowest BCUT2D eigenvalue weighted by atomic mass is 9.94. The Labute approximate surface area is 113 Å². The Hall–Kier alpha value is -1.30. The van der Waals surface area contributed by atoms with Gasteiger partial charge in [0.2, 0.25) is 0 Å². The summed E-state index contributed by atoms with van der Waals surface area (Å²) in [5, 5.41) is 23.4. The third kappa shape index (κ3) is 3.59. The maximum absolute atomic E-state index is 10.3. The predicted molar refractivity (Wildman–Crippen MR) is 71.4 cm³/mol. The maximum Gasteiger partial charge on any atom is 0.162 e. The molecule has 5 heteroatoms. The highest BCUT2D eigenvalue weighted by atomic mass is 16.5. The molecule has 0 saturated carbocycles. The van der Waals surface area contributed by atoms with E-state index in [9.17, 15) is 10.2 Å². The van der Waals surface area contributed by atoms with Gasteiger partial charge in [-0.15, -0.1) is 0 Å². The zero-order valence-corrected chi connectivity index (χ0v) is 11.2. The van der Waals surface area contributed by atoms with E-state index >= 15 is 0 Å². The van der Waals surface area contributed by atoms with Gasteiger partial charge in [0.15, 0.2) is 11.5 Å². The third-order valence-corrected chi connectivity index (χ3v) is 3.50. The number of aliphatic hydroxyl groups is 1. The molecule has 0 bridgehead atoms. The van der Waals surface area contributed by atoms with Crippen molar-refractivity contribution in [2.75, 3.05) is 26.9 Å². The number of aromatic hydroxyl groups is 1. The molecule has 1 aromatic carbocycles. The topological polar surface area (TPSA) is 71.0 Å². The van der Waals surface area contributed by atoms with Crippen LogP contribution in [0.5, 0.6) is 11.5 Å². The van der Waals surface area contributed by atoms with Gasteiger partial charge in [0.25, 0.3) is 0 Å². The number of benzene rings is 1. The first-order valence-corrected chi connectivity index (χ1v) is 6.50. The quantitative estimate of drug-likeness (QED) is 0.743. The summed E-state index contributed by atoms with van der Waals surface area (Å²) in [5.41, 5.74) is 0.0576. The first kappa shape index (κ1) is 14.1. The number of phenolic OH excluding ortho intramolecular Hbond substituents is 1. The second-order valence-electron chi connectivity index (χ2n) is 4.91. The van der Waals surface area contributed by atoms with E-state index in [-0.39, 0.29) is 5.75 Å². The lowest BCUT2D eigenvalue weighted by Gasteiger charge is -2.32. The van der Waals surface area contributed by atoms with Crippen molar-refractivity contribution in [1.82, 2.24) is 5.32 Å². The van der Waals surface area contributed by atoms with Crippen LogP contribution in [0.3, 0.4) is 0 Å². The molecule has 1 heterocycles. The van der Waals surface area contributed by atoms with E-state index in [4.69, 9.17) is 9.47 Å². The third-order valence-electron chi connectivity index (χ3n) is 3.50. The van der Waals surface area contributed by atoms with E-state index in [1.54, 1.807) is 6.07 Å². The van der Waals surface area contributed by atoms with Crippen LogP contribution < -0.4 is 10.1 Å². The summed E-state index contributed by atoms with van der Waals surface area (Å²) in [7, 11) is 1.52. The fourth-order valence-corrected chi connectivity index (χ4v) is 2.23. The molecule has 1 fully saturated rings. The van der Waals surface area contributed by atoms with Gasteiger partial charge in [-0.3, -0.25) is 0 Å². The second-order valence-corrected chi connectivity index (χ2v) is 4.91. The van der Waals surface area contributed by atoms with Gasteiger partial charge in [-0.2, -0.15) is 0 Å². The van der Waals surface area contributed by atoms with Crippen LogP contribution in [0.4, 0.5) is 0 Å². The highest BCUT2D eigenvalue weighted by molar-refractivity contribution is 5.45. The van der Waals surface area contributed by atoms with Crippen LogP contribution in [-0.2, 0) is 11.3 Å². The molecule has 0 radical (unpaired) electrons. The van der Waals surface area contributed by atoms with Crippen molar-refractivity contribution in [3.8, 4) is 11.5 Å². The molecule has 0 spiro atoms. The van der Waals surface area contributed by atoms with Gasteiger partial charge in [-0.25, -0.2) is 0 Å². The average molecular weight is 267 g/mol. The maximum atomic E-state index is 10.3. The number of rotatable bonds is 5. The molecule has 5 nitrogen and oxygen atoms in total. The van der Waals surface area contributed by atoms with Crippen LogP contribution in [-0.4, -0.2) is 42.7 Å².